The number of nitrogens with zero attached hydrogens (tertiary/aromatic N) is 6. The summed E-state index contributed by atoms with van der Waals surface area (Å²) in [5, 5.41) is 3.31. The molecule has 0 aliphatic rings. The largest absolute Gasteiger partial charge is 0.383 e. The molecule has 220 valence electrons. The lowest BCUT2D eigenvalue weighted by Gasteiger charge is -2.18. The molecule has 5 rings (SSSR count). The van der Waals surface area contributed by atoms with E-state index in [0.717, 1.165) is 5.82 Å². The summed E-state index contributed by atoms with van der Waals surface area (Å²) in [7, 11) is 5.32. The second kappa shape index (κ2) is 12.5. The fourth-order valence-electron chi connectivity index (χ4n) is 4.63. The van der Waals surface area contributed by atoms with Gasteiger partial charge in [0, 0.05) is 44.0 Å². The number of rotatable bonds is 9. The van der Waals surface area contributed by atoms with Gasteiger partial charge in [-0.05, 0) is 49.4 Å². The molecule has 1 amide bonds. The smallest absolute Gasteiger partial charge is 0.284 e. The number of nitrogens with one attached hydrogen (secondary N) is 1. The molecule has 0 bridgehead atoms. The van der Waals surface area contributed by atoms with E-state index in [9.17, 15) is 9.59 Å². The van der Waals surface area contributed by atoms with Gasteiger partial charge in [-0.2, -0.15) is 0 Å². The summed E-state index contributed by atoms with van der Waals surface area (Å²) in [6, 6.07) is 19.6. The third kappa shape index (κ3) is 6.13. The number of pyridine rings is 1. The summed E-state index contributed by atoms with van der Waals surface area (Å²) in [4.78, 5) is 42.3. The topological polar surface area (TPSA) is 133 Å². The van der Waals surface area contributed by atoms with Crippen molar-refractivity contribution >= 4 is 34.8 Å². The zero-order chi connectivity index (χ0) is 30.7. The van der Waals surface area contributed by atoms with Crippen LogP contribution in [-0.4, -0.2) is 57.5 Å². The minimum absolute atomic E-state index is 0.0389. The molecule has 3 N–H and O–H groups in total. The minimum Gasteiger partial charge on any atom is -0.383 e. The van der Waals surface area contributed by atoms with Crippen LogP contribution in [0.3, 0.4) is 0 Å². The number of hydrogen-bond donors (Lipinski definition) is 2. The Morgan fingerprint density at radius 2 is 1.81 bits per heavy atom. The molecule has 12 heteroatoms. The molecule has 0 saturated heterocycles. The van der Waals surface area contributed by atoms with E-state index in [0.29, 0.717) is 57.9 Å². The van der Waals surface area contributed by atoms with Crippen LogP contribution in [0.1, 0.15) is 16.1 Å². The van der Waals surface area contributed by atoms with Crippen LogP contribution in [0.4, 0.5) is 17.3 Å². The van der Waals surface area contributed by atoms with Gasteiger partial charge in [0.25, 0.3) is 11.5 Å². The monoisotopic (exact) mass is 598 g/mol. The van der Waals surface area contributed by atoms with Gasteiger partial charge >= 0.3 is 0 Å². The quantitative estimate of drug-likeness (QED) is 0.252. The van der Waals surface area contributed by atoms with E-state index >= 15 is 0 Å². The Hall–Kier alpha value is -5.00. The molecule has 11 nitrogen and oxygen atoms in total. The van der Waals surface area contributed by atoms with Crippen molar-refractivity contribution in [3.05, 3.63) is 99.6 Å². The second-order valence-electron chi connectivity index (χ2n) is 9.90. The lowest BCUT2D eigenvalue weighted by Crippen LogP contribution is -2.25. The number of halogens is 1. The van der Waals surface area contributed by atoms with E-state index in [-0.39, 0.29) is 11.4 Å². The van der Waals surface area contributed by atoms with E-state index in [2.05, 4.69) is 10.3 Å². The standard InChI is InChI=1S/C31H31ClN8O3/c1-19-27(31(42)40(39(19)3)23-8-5-7-21(32)17-23)30(41)35-22-13-11-20(12-14-22)28-29(33)34-18-25(37-28)24-9-6-10-26(36-24)38(2)15-16-43-4/h5-14,17-18H,15-16H2,1-4H3,(H2,33,34)(H,35,41). The van der Waals surface area contributed by atoms with Crippen LogP contribution >= 0.6 is 11.6 Å². The summed E-state index contributed by atoms with van der Waals surface area (Å²) in [5.41, 5.74) is 9.79. The Labute approximate surface area is 253 Å². The van der Waals surface area contributed by atoms with Gasteiger partial charge in [0.1, 0.15) is 28.6 Å². The number of likely N-dealkylation sites (N-methyl/N-ethyl adjacent to an activating group) is 1. The van der Waals surface area contributed by atoms with Crippen molar-refractivity contribution in [2.75, 3.05) is 43.3 Å². The number of ether oxygens (including phenoxy) is 1. The number of methoxy groups -OCH3 is 1. The molecule has 0 radical (unpaired) electrons. The molecule has 43 heavy (non-hydrogen) atoms. The Balaban J connectivity index is 1.38. The van der Waals surface area contributed by atoms with Crippen molar-refractivity contribution in [3.8, 4) is 28.3 Å². The average Bonchev–Trinajstić information content (AvgIpc) is 3.23. The normalized spacial score (nSPS) is 11.0. The fraction of sp³-hybridized carbons (Fsp3) is 0.194. The summed E-state index contributed by atoms with van der Waals surface area (Å²) < 4.78 is 8.21. The van der Waals surface area contributed by atoms with Gasteiger partial charge in [-0.1, -0.05) is 35.9 Å². The zero-order valence-corrected chi connectivity index (χ0v) is 25.0. The Morgan fingerprint density at radius 3 is 2.53 bits per heavy atom. The molecule has 3 heterocycles. The van der Waals surface area contributed by atoms with Crippen LogP contribution in [-0.2, 0) is 11.8 Å². The van der Waals surface area contributed by atoms with Gasteiger partial charge < -0.3 is 20.7 Å². The first-order valence-electron chi connectivity index (χ1n) is 13.4. The number of hydrogen-bond acceptors (Lipinski definition) is 8. The maximum atomic E-state index is 13.3. The van der Waals surface area contributed by atoms with E-state index < -0.39 is 11.5 Å². The molecule has 0 aliphatic heterocycles. The molecule has 5 aromatic rings. The van der Waals surface area contributed by atoms with Gasteiger partial charge in [-0.15, -0.1) is 0 Å². The third-order valence-corrected chi connectivity index (χ3v) is 7.30. The molecule has 0 aliphatic carbocycles. The van der Waals surface area contributed by atoms with Gasteiger partial charge in [0.2, 0.25) is 0 Å². The van der Waals surface area contributed by atoms with Crippen molar-refractivity contribution in [2.45, 2.75) is 6.92 Å². The Bertz CT molecular complexity index is 1850. The van der Waals surface area contributed by atoms with Crippen molar-refractivity contribution in [2.24, 2.45) is 7.05 Å². The number of carbonyl (C=O) groups is 1. The van der Waals surface area contributed by atoms with E-state index in [4.69, 9.17) is 32.0 Å². The van der Waals surface area contributed by atoms with Crippen molar-refractivity contribution in [1.29, 1.82) is 0 Å². The van der Waals surface area contributed by atoms with Crippen LogP contribution in [0.5, 0.6) is 0 Å². The Kier molecular flexibility index (Phi) is 8.56. The average molecular weight is 599 g/mol. The third-order valence-electron chi connectivity index (χ3n) is 7.07. The molecule has 0 atom stereocenters. The predicted molar refractivity (Wildman–Crippen MR) is 169 cm³/mol. The van der Waals surface area contributed by atoms with Gasteiger partial charge in [0.15, 0.2) is 0 Å². The predicted octanol–water partition coefficient (Wildman–Crippen LogP) is 4.57. The zero-order valence-electron chi connectivity index (χ0n) is 24.2. The van der Waals surface area contributed by atoms with E-state index in [1.54, 1.807) is 80.5 Å². The second-order valence-corrected chi connectivity index (χ2v) is 10.3. The van der Waals surface area contributed by atoms with Crippen LogP contribution in [0.2, 0.25) is 5.02 Å². The minimum atomic E-state index is -0.519. The van der Waals surface area contributed by atoms with Gasteiger partial charge in [0.05, 0.1) is 29.9 Å². The van der Waals surface area contributed by atoms with Crippen LogP contribution in [0.15, 0.2) is 77.7 Å². The fourth-order valence-corrected chi connectivity index (χ4v) is 4.81. The number of nitrogens with two attached hydrogens (primary N) is 1. The number of anilines is 3. The van der Waals surface area contributed by atoms with Crippen molar-refractivity contribution in [3.63, 3.8) is 0 Å². The molecule has 2 aromatic carbocycles. The highest BCUT2D eigenvalue weighted by atomic mass is 35.5. The summed E-state index contributed by atoms with van der Waals surface area (Å²) >= 11 is 6.13. The summed E-state index contributed by atoms with van der Waals surface area (Å²) in [6.45, 7) is 2.99. The van der Waals surface area contributed by atoms with Crippen molar-refractivity contribution in [1.82, 2.24) is 24.3 Å². The Morgan fingerprint density at radius 1 is 1.07 bits per heavy atom. The molecule has 3 aromatic heterocycles. The van der Waals surface area contributed by atoms with Crippen LogP contribution in [0.25, 0.3) is 28.3 Å². The van der Waals surface area contributed by atoms with Gasteiger partial charge in [-0.3, -0.25) is 14.3 Å². The maximum Gasteiger partial charge on any atom is 0.284 e. The number of amides is 1. The molecule has 0 spiro atoms. The van der Waals surface area contributed by atoms with Crippen molar-refractivity contribution < 1.29 is 9.53 Å². The highest BCUT2D eigenvalue weighted by Gasteiger charge is 2.22. The first kappa shape index (κ1) is 29.5. The highest BCUT2D eigenvalue weighted by Crippen LogP contribution is 2.27. The SMILES string of the molecule is COCCN(C)c1cccc(-c2cnc(N)c(-c3ccc(NC(=O)c4c(C)n(C)n(-c5cccc(Cl)c5)c4=O)cc3)n2)n1. The van der Waals surface area contributed by atoms with Gasteiger partial charge in [-0.25, -0.2) is 19.6 Å². The number of benzene rings is 2. The number of aromatic nitrogens is 5. The first-order chi connectivity index (χ1) is 20.7. The molecule has 0 saturated carbocycles. The maximum absolute atomic E-state index is 13.3. The first-order valence-corrected chi connectivity index (χ1v) is 13.8. The summed E-state index contributed by atoms with van der Waals surface area (Å²) in [5.74, 6) is 0.521. The lowest BCUT2D eigenvalue weighted by atomic mass is 10.1. The summed E-state index contributed by atoms with van der Waals surface area (Å²) in [6.07, 6.45) is 1.59. The highest BCUT2D eigenvalue weighted by molar-refractivity contribution is 6.30. The molecule has 0 unspecified atom stereocenters. The molecular formula is C31H31ClN8O3. The van der Waals surface area contributed by atoms with E-state index in [1.165, 1.54) is 4.68 Å². The molecular weight excluding hydrogens is 568 g/mol. The molecule has 0 fully saturated rings. The van der Waals surface area contributed by atoms with E-state index in [1.807, 2.05) is 30.1 Å². The van der Waals surface area contributed by atoms with Crippen LogP contribution < -0.4 is 21.5 Å². The lowest BCUT2D eigenvalue weighted by molar-refractivity contribution is 0.102. The number of nitrogen functional groups attached to an aromatic ring is 1. The number of carbonyl (C=O) groups excluding carboxylic acids is 1. The van der Waals surface area contributed by atoms with Crippen LogP contribution in [0, 0.1) is 6.92 Å².